The second-order valence-electron chi connectivity index (χ2n) is 16.3. The first kappa shape index (κ1) is 56.9. The van der Waals surface area contributed by atoms with Crippen LogP contribution in [0.3, 0.4) is 0 Å². The average molecular weight is 837 g/mol. The molecule has 0 aliphatic heterocycles. The smallest absolute Gasteiger partial charge is 0.306 e. The first-order valence-corrected chi connectivity index (χ1v) is 24.9. The quantitative estimate of drug-likeness (QED) is 0.0263. The van der Waals surface area contributed by atoms with Crippen LogP contribution in [0, 0.1) is 0 Å². The zero-order valence-corrected chi connectivity index (χ0v) is 39.2. The minimum absolute atomic E-state index is 0.0852. The van der Waals surface area contributed by atoms with Crippen LogP contribution in [0.15, 0.2) is 72.9 Å². The third-order valence-corrected chi connectivity index (χ3v) is 10.4. The van der Waals surface area contributed by atoms with E-state index in [1.807, 2.05) is 0 Å². The summed E-state index contributed by atoms with van der Waals surface area (Å²) < 4.78 is 16.7. The van der Waals surface area contributed by atoms with Gasteiger partial charge in [0.05, 0.1) is 0 Å². The van der Waals surface area contributed by atoms with Gasteiger partial charge in [-0.3, -0.25) is 14.4 Å². The van der Waals surface area contributed by atoms with E-state index in [0.717, 1.165) is 122 Å². The number of hydrogen-bond acceptors (Lipinski definition) is 6. The van der Waals surface area contributed by atoms with Gasteiger partial charge in [0.1, 0.15) is 13.2 Å². The molecule has 0 radical (unpaired) electrons. The Bertz CT molecular complexity index is 1140. The lowest BCUT2D eigenvalue weighted by Crippen LogP contribution is -2.30. The minimum Gasteiger partial charge on any atom is -0.462 e. The summed E-state index contributed by atoms with van der Waals surface area (Å²) in [4.78, 5) is 37.8. The van der Waals surface area contributed by atoms with Gasteiger partial charge in [-0.25, -0.2) is 0 Å². The molecule has 0 heterocycles. The lowest BCUT2D eigenvalue weighted by molar-refractivity contribution is -0.167. The topological polar surface area (TPSA) is 78.9 Å². The summed E-state index contributed by atoms with van der Waals surface area (Å²) in [7, 11) is 0. The van der Waals surface area contributed by atoms with Crippen molar-refractivity contribution in [1.82, 2.24) is 0 Å². The molecule has 0 N–H and O–H groups in total. The molecule has 6 heteroatoms. The first-order chi connectivity index (χ1) is 29.5. The SMILES string of the molecule is CC/C=C\C/C=C\C/C=C\C/C=C\C/C=C\CCCCCCCC(=O)OCC(COC(=O)CCCCCCC/C=C\CCC)OC(=O)CCCCCCCCCCCCC. The average Bonchev–Trinajstić information content (AvgIpc) is 3.24. The second kappa shape index (κ2) is 48.5. The molecular formula is C54H92O6. The van der Waals surface area contributed by atoms with Crippen molar-refractivity contribution in [2.75, 3.05) is 13.2 Å². The van der Waals surface area contributed by atoms with E-state index in [1.165, 1.54) is 70.6 Å². The van der Waals surface area contributed by atoms with Crippen LogP contribution in [-0.2, 0) is 28.6 Å². The number of allylic oxidation sites excluding steroid dienone is 12. The van der Waals surface area contributed by atoms with Gasteiger partial charge in [0, 0.05) is 19.3 Å². The molecule has 0 saturated carbocycles. The number of unbranched alkanes of at least 4 members (excludes halogenated alkanes) is 21. The maximum atomic E-state index is 12.7. The molecule has 0 aliphatic carbocycles. The molecule has 0 rings (SSSR count). The molecular weight excluding hydrogens is 745 g/mol. The highest BCUT2D eigenvalue weighted by Gasteiger charge is 2.19. The van der Waals surface area contributed by atoms with Gasteiger partial charge in [-0.2, -0.15) is 0 Å². The Morgan fingerprint density at radius 2 is 0.683 bits per heavy atom. The summed E-state index contributed by atoms with van der Waals surface area (Å²) in [5, 5.41) is 0. The van der Waals surface area contributed by atoms with Gasteiger partial charge in [-0.05, 0) is 83.5 Å². The Labute approximate surface area is 370 Å². The Balaban J connectivity index is 4.34. The van der Waals surface area contributed by atoms with Crippen LogP contribution in [0.1, 0.15) is 233 Å². The van der Waals surface area contributed by atoms with Gasteiger partial charge >= 0.3 is 17.9 Å². The molecule has 60 heavy (non-hydrogen) atoms. The van der Waals surface area contributed by atoms with E-state index in [-0.39, 0.29) is 31.1 Å². The van der Waals surface area contributed by atoms with Crippen molar-refractivity contribution in [2.24, 2.45) is 0 Å². The van der Waals surface area contributed by atoms with Crippen molar-refractivity contribution >= 4 is 17.9 Å². The van der Waals surface area contributed by atoms with Crippen LogP contribution in [0.4, 0.5) is 0 Å². The van der Waals surface area contributed by atoms with Crippen molar-refractivity contribution in [2.45, 2.75) is 239 Å². The number of esters is 3. The normalized spacial score (nSPS) is 12.7. The van der Waals surface area contributed by atoms with Crippen LogP contribution < -0.4 is 0 Å². The molecule has 0 saturated heterocycles. The van der Waals surface area contributed by atoms with Crippen molar-refractivity contribution in [3.8, 4) is 0 Å². The highest BCUT2D eigenvalue weighted by Crippen LogP contribution is 2.14. The van der Waals surface area contributed by atoms with E-state index in [2.05, 4.69) is 93.7 Å². The van der Waals surface area contributed by atoms with Gasteiger partial charge in [0.15, 0.2) is 6.10 Å². The summed E-state index contributed by atoms with van der Waals surface area (Å²) in [6.45, 7) is 6.42. The van der Waals surface area contributed by atoms with Gasteiger partial charge in [-0.1, -0.05) is 203 Å². The van der Waals surface area contributed by atoms with Gasteiger partial charge in [0.25, 0.3) is 0 Å². The number of carbonyl (C=O) groups is 3. The molecule has 1 atom stereocenters. The highest BCUT2D eigenvalue weighted by atomic mass is 16.6. The predicted molar refractivity (Wildman–Crippen MR) is 256 cm³/mol. The zero-order chi connectivity index (χ0) is 43.7. The molecule has 0 amide bonds. The Morgan fingerprint density at radius 1 is 0.350 bits per heavy atom. The van der Waals surface area contributed by atoms with Crippen molar-refractivity contribution in [3.05, 3.63) is 72.9 Å². The van der Waals surface area contributed by atoms with Gasteiger partial charge in [-0.15, -0.1) is 0 Å². The van der Waals surface area contributed by atoms with Crippen molar-refractivity contribution in [3.63, 3.8) is 0 Å². The van der Waals surface area contributed by atoms with Crippen LogP contribution in [0.5, 0.6) is 0 Å². The van der Waals surface area contributed by atoms with E-state index in [9.17, 15) is 14.4 Å². The molecule has 0 spiro atoms. The van der Waals surface area contributed by atoms with Crippen LogP contribution >= 0.6 is 0 Å². The lowest BCUT2D eigenvalue weighted by Gasteiger charge is -2.18. The van der Waals surface area contributed by atoms with E-state index < -0.39 is 6.10 Å². The predicted octanol–water partition coefficient (Wildman–Crippen LogP) is 16.3. The molecule has 0 aromatic rings. The highest BCUT2D eigenvalue weighted by molar-refractivity contribution is 5.71. The van der Waals surface area contributed by atoms with E-state index >= 15 is 0 Å². The fourth-order valence-electron chi connectivity index (χ4n) is 6.71. The molecule has 0 bridgehead atoms. The molecule has 0 fully saturated rings. The van der Waals surface area contributed by atoms with E-state index in [1.54, 1.807) is 0 Å². The monoisotopic (exact) mass is 837 g/mol. The maximum Gasteiger partial charge on any atom is 0.306 e. The minimum atomic E-state index is -0.783. The van der Waals surface area contributed by atoms with E-state index in [0.29, 0.717) is 19.3 Å². The third kappa shape index (κ3) is 45.9. The fourth-order valence-corrected chi connectivity index (χ4v) is 6.71. The van der Waals surface area contributed by atoms with Gasteiger partial charge < -0.3 is 14.2 Å². The van der Waals surface area contributed by atoms with Crippen LogP contribution in [-0.4, -0.2) is 37.2 Å². The summed E-state index contributed by atoms with van der Waals surface area (Å²) >= 11 is 0. The molecule has 0 aromatic carbocycles. The molecule has 1 unspecified atom stereocenters. The number of carbonyl (C=O) groups excluding carboxylic acids is 3. The Hall–Kier alpha value is -3.15. The maximum absolute atomic E-state index is 12.7. The standard InChI is InChI=1S/C54H92O6/c1-4-7-10-13-16-19-22-23-24-25-26-27-28-29-30-31-33-35-38-41-44-47-53(56)59-50-51(49-58-52(55)46-43-40-37-34-21-18-15-12-9-6-3)60-54(57)48-45-42-39-36-32-20-17-14-11-8-5-2/h7,10,12,15-16,19,23-24,26-27,29-30,51H,4-6,8-9,11,13-14,17-18,20-22,25,28,31-50H2,1-3H3/b10-7-,15-12-,19-16-,24-23-,27-26-,30-29-. The summed E-state index contributed by atoms with van der Waals surface area (Å²) in [5.41, 5.74) is 0. The summed E-state index contributed by atoms with van der Waals surface area (Å²) in [6.07, 6.45) is 60.3. The number of hydrogen-bond donors (Lipinski definition) is 0. The fraction of sp³-hybridized carbons (Fsp3) is 0.722. The van der Waals surface area contributed by atoms with Crippen molar-refractivity contribution < 1.29 is 28.6 Å². The number of ether oxygens (including phenoxy) is 3. The Morgan fingerprint density at radius 3 is 1.10 bits per heavy atom. The molecule has 344 valence electrons. The summed E-state index contributed by atoms with van der Waals surface area (Å²) in [5.74, 6) is -0.916. The second-order valence-corrected chi connectivity index (χ2v) is 16.3. The van der Waals surface area contributed by atoms with Crippen molar-refractivity contribution in [1.29, 1.82) is 0 Å². The largest absolute Gasteiger partial charge is 0.462 e. The van der Waals surface area contributed by atoms with Crippen LogP contribution in [0.2, 0.25) is 0 Å². The Kier molecular flexibility index (Phi) is 46.0. The van der Waals surface area contributed by atoms with Crippen LogP contribution in [0.25, 0.3) is 0 Å². The molecule has 0 aliphatic rings. The first-order valence-electron chi connectivity index (χ1n) is 24.9. The lowest BCUT2D eigenvalue weighted by atomic mass is 10.1. The number of rotatable bonds is 44. The summed E-state index contributed by atoms with van der Waals surface area (Å²) in [6, 6.07) is 0. The molecule has 0 aromatic heterocycles. The molecule has 6 nitrogen and oxygen atoms in total. The van der Waals surface area contributed by atoms with E-state index in [4.69, 9.17) is 14.2 Å². The van der Waals surface area contributed by atoms with Gasteiger partial charge in [0.2, 0.25) is 0 Å². The third-order valence-electron chi connectivity index (χ3n) is 10.4. The zero-order valence-electron chi connectivity index (χ0n) is 39.2.